The predicted molar refractivity (Wildman–Crippen MR) is 130 cm³/mol. The van der Waals surface area contributed by atoms with Gasteiger partial charge in [-0.05, 0) is 43.0 Å². The van der Waals surface area contributed by atoms with Gasteiger partial charge in [0.2, 0.25) is 0 Å². The van der Waals surface area contributed by atoms with Gasteiger partial charge in [-0.15, -0.1) is 10.2 Å². The maximum absolute atomic E-state index is 13.1. The summed E-state index contributed by atoms with van der Waals surface area (Å²) < 4.78 is 6.87. The van der Waals surface area contributed by atoms with Crippen LogP contribution in [0.5, 0.6) is 0 Å². The van der Waals surface area contributed by atoms with Crippen LogP contribution in [0.25, 0.3) is 11.0 Å². The first kappa shape index (κ1) is 21.0. The van der Waals surface area contributed by atoms with Crippen molar-refractivity contribution in [1.29, 1.82) is 0 Å². The highest BCUT2D eigenvalue weighted by Crippen LogP contribution is 2.33. The lowest BCUT2D eigenvalue weighted by Gasteiger charge is -2.27. The van der Waals surface area contributed by atoms with Gasteiger partial charge < -0.3 is 14.6 Å². The van der Waals surface area contributed by atoms with Gasteiger partial charge >= 0.3 is 0 Å². The van der Waals surface area contributed by atoms with Gasteiger partial charge in [-0.3, -0.25) is 4.79 Å². The van der Waals surface area contributed by atoms with Gasteiger partial charge in [0.25, 0.3) is 5.91 Å². The molecule has 0 saturated carbocycles. The number of anilines is 1. The minimum absolute atomic E-state index is 0.194. The molecule has 8 heteroatoms. The lowest BCUT2D eigenvalue weighted by molar-refractivity contribution is 0.0924. The van der Waals surface area contributed by atoms with Crippen LogP contribution in [-0.4, -0.2) is 29.7 Å². The second kappa shape index (κ2) is 8.96. The van der Waals surface area contributed by atoms with Crippen molar-refractivity contribution in [2.24, 2.45) is 0 Å². The van der Waals surface area contributed by atoms with Crippen molar-refractivity contribution in [2.75, 3.05) is 18.5 Å². The molecule has 2 aromatic carbocycles. The Labute approximate surface area is 195 Å². The van der Waals surface area contributed by atoms with Crippen LogP contribution in [0.4, 0.5) is 5.69 Å². The molecule has 0 saturated heterocycles. The first-order valence-corrected chi connectivity index (χ1v) is 12.4. The summed E-state index contributed by atoms with van der Waals surface area (Å²) in [5.41, 5.74) is 5.35. The summed E-state index contributed by atoms with van der Waals surface area (Å²) >= 11 is 3.13. The van der Waals surface area contributed by atoms with Crippen LogP contribution in [0.3, 0.4) is 0 Å². The van der Waals surface area contributed by atoms with Crippen molar-refractivity contribution >= 4 is 45.7 Å². The third-order valence-corrected chi connectivity index (χ3v) is 7.70. The van der Waals surface area contributed by atoms with Crippen LogP contribution >= 0.6 is 23.1 Å². The molecule has 2 aromatic heterocycles. The number of para-hydroxylation sites is 1. The second-order valence-electron chi connectivity index (χ2n) is 7.95. The van der Waals surface area contributed by atoms with Crippen LogP contribution in [0.15, 0.2) is 51.2 Å². The van der Waals surface area contributed by atoms with Crippen molar-refractivity contribution < 1.29 is 9.21 Å². The Morgan fingerprint density at radius 3 is 2.97 bits per heavy atom. The van der Waals surface area contributed by atoms with Crippen molar-refractivity contribution in [3.05, 3.63) is 69.9 Å². The number of furan rings is 1. The van der Waals surface area contributed by atoms with E-state index >= 15 is 0 Å². The Morgan fingerprint density at radius 1 is 1.25 bits per heavy atom. The van der Waals surface area contributed by atoms with Gasteiger partial charge in [-0.25, -0.2) is 0 Å². The topological polar surface area (TPSA) is 71.3 Å². The van der Waals surface area contributed by atoms with E-state index in [0.29, 0.717) is 18.1 Å². The summed E-state index contributed by atoms with van der Waals surface area (Å²) in [5, 5.41) is 13.2. The molecule has 0 spiro atoms. The number of benzene rings is 2. The number of nitrogens with zero attached hydrogens (tertiary/aromatic N) is 3. The highest BCUT2D eigenvalue weighted by atomic mass is 32.2. The van der Waals surface area contributed by atoms with E-state index in [1.165, 1.54) is 11.3 Å². The zero-order valence-corrected chi connectivity index (χ0v) is 19.7. The number of nitrogens with one attached hydrogen (secondary N) is 1. The number of amides is 1. The number of hydrogen-bond acceptors (Lipinski definition) is 7. The molecule has 32 heavy (non-hydrogen) atoms. The summed E-state index contributed by atoms with van der Waals surface area (Å²) in [6.07, 6.45) is 2.24. The molecule has 0 atom stereocenters. The molecule has 1 N–H and O–H groups in total. The number of rotatable bonds is 6. The average molecular weight is 465 g/mol. The Bertz CT molecular complexity index is 1280. The molecule has 1 aliphatic heterocycles. The van der Waals surface area contributed by atoms with E-state index < -0.39 is 0 Å². The zero-order chi connectivity index (χ0) is 22.1. The normalized spacial score (nSPS) is 13.4. The number of fused-ring (bicyclic) bond motifs is 2. The lowest BCUT2D eigenvalue weighted by atomic mass is 9.99. The molecule has 164 valence electrons. The Balaban J connectivity index is 1.35. The quantitative estimate of drug-likeness (QED) is 0.396. The Morgan fingerprint density at radius 2 is 2.12 bits per heavy atom. The minimum Gasteiger partial charge on any atom is -0.451 e. The molecule has 4 aromatic rings. The number of aromatic nitrogens is 2. The van der Waals surface area contributed by atoms with Crippen LogP contribution in [0.2, 0.25) is 0 Å². The largest absolute Gasteiger partial charge is 0.451 e. The molecule has 0 unspecified atom stereocenters. The SMILES string of the molecule is Cc1nnc(SCc2c(C(=O)NCc3ccc4c(c3)CCCN4C)oc3ccccc23)s1. The van der Waals surface area contributed by atoms with Crippen molar-refractivity contribution in [3.63, 3.8) is 0 Å². The van der Waals surface area contributed by atoms with E-state index in [1.54, 1.807) is 23.1 Å². The van der Waals surface area contributed by atoms with Gasteiger partial charge in [-0.2, -0.15) is 0 Å². The number of carbonyl (C=O) groups is 1. The predicted octanol–water partition coefficient (Wildman–Crippen LogP) is 5.20. The van der Waals surface area contributed by atoms with E-state index in [4.69, 9.17) is 4.42 Å². The summed E-state index contributed by atoms with van der Waals surface area (Å²) in [6, 6.07) is 14.2. The van der Waals surface area contributed by atoms with Gasteiger partial charge in [0.05, 0.1) is 0 Å². The number of aryl methyl sites for hydroxylation is 2. The van der Waals surface area contributed by atoms with Crippen LogP contribution < -0.4 is 10.2 Å². The summed E-state index contributed by atoms with van der Waals surface area (Å²) in [5.74, 6) is 0.775. The van der Waals surface area contributed by atoms with E-state index in [0.717, 1.165) is 50.8 Å². The van der Waals surface area contributed by atoms with Crippen LogP contribution in [0.1, 0.15) is 38.7 Å². The van der Waals surface area contributed by atoms with Gasteiger partial charge in [0.15, 0.2) is 10.1 Å². The average Bonchev–Trinajstić information content (AvgIpc) is 3.39. The van der Waals surface area contributed by atoms with Crippen LogP contribution in [0, 0.1) is 6.92 Å². The van der Waals surface area contributed by atoms with Gasteiger partial charge in [-0.1, -0.05) is 53.4 Å². The van der Waals surface area contributed by atoms with E-state index in [1.807, 2.05) is 31.2 Å². The van der Waals surface area contributed by atoms with Crippen LogP contribution in [-0.2, 0) is 18.7 Å². The highest BCUT2D eigenvalue weighted by Gasteiger charge is 2.21. The molecule has 0 radical (unpaired) electrons. The maximum Gasteiger partial charge on any atom is 0.287 e. The fraction of sp³-hybridized carbons (Fsp3) is 0.292. The molecular weight excluding hydrogens is 440 g/mol. The molecule has 0 aliphatic carbocycles. The number of hydrogen-bond donors (Lipinski definition) is 1. The molecule has 3 heterocycles. The third-order valence-electron chi connectivity index (χ3n) is 5.70. The molecular formula is C24H24N4O2S2. The molecule has 6 nitrogen and oxygen atoms in total. The first-order chi connectivity index (χ1) is 15.6. The first-order valence-electron chi connectivity index (χ1n) is 10.6. The maximum atomic E-state index is 13.1. The third kappa shape index (κ3) is 4.25. The number of thioether (sulfide) groups is 1. The minimum atomic E-state index is -0.194. The fourth-order valence-corrected chi connectivity index (χ4v) is 5.95. The fourth-order valence-electron chi connectivity index (χ4n) is 4.11. The Hall–Kier alpha value is -2.84. The molecule has 0 bridgehead atoms. The monoisotopic (exact) mass is 464 g/mol. The summed E-state index contributed by atoms with van der Waals surface area (Å²) in [6.45, 7) is 3.49. The zero-order valence-electron chi connectivity index (χ0n) is 18.1. The second-order valence-corrected chi connectivity index (χ2v) is 10.4. The van der Waals surface area contributed by atoms with E-state index in [-0.39, 0.29) is 5.91 Å². The standard InChI is InChI=1S/C24H24N4O2S2/c1-15-26-27-24(32-15)31-14-19-18-7-3-4-8-21(18)30-22(19)23(29)25-13-16-9-10-20-17(12-16)6-5-11-28(20)2/h3-4,7-10,12H,5-6,11,13-14H2,1-2H3,(H,25,29). The molecule has 1 amide bonds. The molecule has 1 aliphatic rings. The van der Waals surface area contributed by atoms with E-state index in [9.17, 15) is 4.79 Å². The summed E-state index contributed by atoms with van der Waals surface area (Å²) in [4.78, 5) is 15.4. The summed E-state index contributed by atoms with van der Waals surface area (Å²) in [7, 11) is 2.13. The molecule has 0 fully saturated rings. The van der Waals surface area contributed by atoms with E-state index in [2.05, 4.69) is 45.7 Å². The Kier molecular flexibility index (Phi) is 5.89. The van der Waals surface area contributed by atoms with Crippen molar-refractivity contribution in [2.45, 2.75) is 36.4 Å². The smallest absolute Gasteiger partial charge is 0.287 e. The number of carbonyl (C=O) groups excluding carboxylic acids is 1. The molecule has 5 rings (SSSR count). The highest BCUT2D eigenvalue weighted by molar-refractivity contribution is 8.00. The van der Waals surface area contributed by atoms with Crippen molar-refractivity contribution in [3.8, 4) is 0 Å². The van der Waals surface area contributed by atoms with Gasteiger partial charge in [0, 0.05) is 42.5 Å². The van der Waals surface area contributed by atoms with Crippen molar-refractivity contribution in [1.82, 2.24) is 15.5 Å². The lowest BCUT2D eigenvalue weighted by Crippen LogP contribution is -2.26. The van der Waals surface area contributed by atoms with Gasteiger partial charge in [0.1, 0.15) is 10.6 Å².